The van der Waals surface area contributed by atoms with Crippen molar-refractivity contribution in [2.45, 2.75) is 0 Å². The normalized spacial score (nSPS) is 10.0. The van der Waals surface area contributed by atoms with Crippen molar-refractivity contribution in [3.63, 3.8) is 0 Å². The van der Waals surface area contributed by atoms with Gasteiger partial charge in [0.25, 0.3) is 5.91 Å². The molecule has 0 bridgehead atoms. The predicted molar refractivity (Wildman–Crippen MR) is 92.1 cm³/mol. The maximum absolute atomic E-state index is 12.0. The van der Waals surface area contributed by atoms with E-state index in [0.717, 1.165) is 0 Å². The van der Waals surface area contributed by atoms with Crippen LogP contribution >= 0.6 is 11.6 Å². The number of methoxy groups -OCH3 is 2. The number of rotatable bonds is 7. The highest BCUT2D eigenvalue weighted by atomic mass is 35.5. The molecule has 0 aromatic heterocycles. The van der Waals surface area contributed by atoms with Gasteiger partial charge in [-0.05, 0) is 24.3 Å². The number of amides is 1. The van der Waals surface area contributed by atoms with Gasteiger partial charge in [0.15, 0.2) is 18.1 Å². The molecule has 0 saturated heterocycles. The summed E-state index contributed by atoms with van der Waals surface area (Å²) in [6, 6.07) is 9.35. The highest BCUT2D eigenvalue weighted by molar-refractivity contribution is 6.33. The molecule has 0 atom stereocenters. The van der Waals surface area contributed by atoms with Gasteiger partial charge in [0.1, 0.15) is 0 Å². The first-order chi connectivity index (χ1) is 12.0. The Balaban J connectivity index is 2.15. The molecule has 25 heavy (non-hydrogen) atoms. The van der Waals surface area contributed by atoms with E-state index in [9.17, 15) is 9.59 Å². The number of carbonyl (C=O) groups is 2. The van der Waals surface area contributed by atoms with E-state index in [1.165, 1.54) is 26.4 Å². The topological polar surface area (TPSA) is 94.1 Å². The molecule has 0 unspecified atom stereocenters. The van der Waals surface area contributed by atoms with Gasteiger partial charge in [0.2, 0.25) is 5.75 Å². The van der Waals surface area contributed by atoms with E-state index in [2.05, 4.69) is 5.32 Å². The maximum Gasteiger partial charge on any atom is 0.335 e. The average molecular weight is 366 g/mol. The van der Waals surface area contributed by atoms with Gasteiger partial charge in [-0.15, -0.1) is 0 Å². The zero-order chi connectivity index (χ0) is 18.4. The number of carboxylic acids is 1. The highest BCUT2D eigenvalue weighted by Crippen LogP contribution is 2.38. The first-order valence-electron chi connectivity index (χ1n) is 7.12. The van der Waals surface area contributed by atoms with Gasteiger partial charge in [0.05, 0.1) is 30.5 Å². The molecule has 0 aliphatic heterocycles. The number of para-hydroxylation sites is 1. The van der Waals surface area contributed by atoms with Gasteiger partial charge in [-0.1, -0.05) is 23.7 Å². The van der Waals surface area contributed by atoms with E-state index in [0.29, 0.717) is 10.7 Å². The number of hydrogen-bond donors (Lipinski definition) is 2. The fourth-order valence-electron chi connectivity index (χ4n) is 2.03. The maximum atomic E-state index is 12.0. The van der Waals surface area contributed by atoms with Gasteiger partial charge in [-0.2, -0.15) is 0 Å². The number of ether oxygens (including phenoxy) is 3. The van der Waals surface area contributed by atoms with Gasteiger partial charge < -0.3 is 24.6 Å². The second kappa shape index (κ2) is 8.25. The second-order valence-electron chi connectivity index (χ2n) is 4.83. The van der Waals surface area contributed by atoms with Crippen LogP contribution in [0.5, 0.6) is 17.2 Å². The van der Waals surface area contributed by atoms with Gasteiger partial charge in [-0.3, -0.25) is 4.79 Å². The molecular formula is C17H16ClNO6. The number of carboxylic acid groups (broad SMARTS) is 1. The average Bonchev–Trinajstić information content (AvgIpc) is 2.61. The fraction of sp³-hybridized carbons (Fsp3) is 0.176. The Morgan fingerprint density at radius 3 is 2.24 bits per heavy atom. The van der Waals surface area contributed by atoms with Crippen molar-refractivity contribution in [1.82, 2.24) is 0 Å². The second-order valence-corrected chi connectivity index (χ2v) is 5.24. The van der Waals surface area contributed by atoms with Crippen molar-refractivity contribution in [2.75, 3.05) is 26.1 Å². The van der Waals surface area contributed by atoms with Crippen molar-refractivity contribution in [3.8, 4) is 17.2 Å². The van der Waals surface area contributed by atoms with Crippen LogP contribution in [0.4, 0.5) is 5.69 Å². The monoisotopic (exact) mass is 365 g/mol. The van der Waals surface area contributed by atoms with E-state index in [4.69, 9.17) is 30.9 Å². The molecule has 0 heterocycles. The third-order valence-electron chi connectivity index (χ3n) is 3.20. The zero-order valence-electron chi connectivity index (χ0n) is 13.5. The molecule has 7 nitrogen and oxygen atoms in total. The lowest BCUT2D eigenvalue weighted by Crippen LogP contribution is -2.20. The fourth-order valence-corrected chi connectivity index (χ4v) is 2.22. The summed E-state index contributed by atoms with van der Waals surface area (Å²) >= 11 is 5.98. The molecule has 2 aromatic rings. The van der Waals surface area contributed by atoms with E-state index < -0.39 is 11.9 Å². The molecule has 0 spiro atoms. The Hall–Kier alpha value is -2.93. The third-order valence-corrected chi connectivity index (χ3v) is 3.53. The Morgan fingerprint density at radius 1 is 1.12 bits per heavy atom. The lowest BCUT2D eigenvalue weighted by atomic mass is 10.2. The first-order valence-corrected chi connectivity index (χ1v) is 7.50. The van der Waals surface area contributed by atoms with Crippen molar-refractivity contribution < 1.29 is 28.9 Å². The molecule has 0 saturated carbocycles. The number of nitrogens with one attached hydrogen (secondary N) is 1. The zero-order valence-corrected chi connectivity index (χ0v) is 14.3. The van der Waals surface area contributed by atoms with E-state index >= 15 is 0 Å². The standard InChI is InChI=1S/C17H16ClNO6/c1-23-13-7-10(17(21)22)8-14(24-2)16(13)25-9-15(20)19-12-6-4-3-5-11(12)18/h3-8H,9H2,1-2H3,(H,19,20)(H,21,22). The molecule has 8 heteroatoms. The van der Waals surface area contributed by atoms with Crippen LogP contribution in [0.2, 0.25) is 5.02 Å². The highest BCUT2D eigenvalue weighted by Gasteiger charge is 2.18. The van der Waals surface area contributed by atoms with Crippen LogP contribution in [0, 0.1) is 0 Å². The van der Waals surface area contributed by atoms with Crippen LogP contribution in [-0.4, -0.2) is 37.8 Å². The number of halogens is 1. The van der Waals surface area contributed by atoms with E-state index in [-0.39, 0.29) is 29.4 Å². The summed E-state index contributed by atoms with van der Waals surface area (Å²) in [5.41, 5.74) is 0.430. The largest absolute Gasteiger partial charge is 0.493 e. The van der Waals surface area contributed by atoms with E-state index in [1.54, 1.807) is 24.3 Å². The lowest BCUT2D eigenvalue weighted by molar-refractivity contribution is -0.118. The number of carbonyl (C=O) groups excluding carboxylic acids is 1. The predicted octanol–water partition coefficient (Wildman–Crippen LogP) is 3.07. The Labute approximate surface area is 149 Å². The quantitative estimate of drug-likeness (QED) is 0.783. The Bertz CT molecular complexity index is 767. The number of benzene rings is 2. The van der Waals surface area contributed by atoms with Crippen molar-refractivity contribution in [2.24, 2.45) is 0 Å². The third kappa shape index (κ3) is 4.54. The molecule has 2 N–H and O–H groups in total. The molecule has 132 valence electrons. The Morgan fingerprint density at radius 2 is 1.72 bits per heavy atom. The van der Waals surface area contributed by atoms with Crippen LogP contribution in [0.1, 0.15) is 10.4 Å². The minimum absolute atomic E-state index is 0.0263. The molecule has 0 aliphatic rings. The first kappa shape index (κ1) is 18.4. The SMILES string of the molecule is COc1cc(C(=O)O)cc(OC)c1OCC(=O)Nc1ccccc1Cl. The number of anilines is 1. The lowest BCUT2D eigenvalue weighted by Gasteiger charge is -2.15. The van der Waals surface area contributed by atoms with Crippen molar-refractivity contribution in [1.29, 1.82) is 0 Å². The van der Waals surface area contributed by atoms with Crippen LogP contribution in [0.25, 0.3) is 0 Å². The summed E-state index contributed by atoms with van der Waals surface area (Å²) < 4.78 is 15.7. The summed E-state index contributed by atoms with van der Waals surface area (Å²) in [4.78, 5) is 23.2. The summed E-state index contributed by atoms with van der Waals surface area (Å²) in [6.45, 7) is -0.343. The number of hydrogen-bond acceptors (Lipinski definition) is 5. The smallest absolute Gasteiger partial charge is 0.335 e. The summed E-state index contributed by atoms with van der Waals surface area (Å²) in [5, 5.41) is 12.1. The molecule has 2 rings (SSSR count). The van der Waals surface area contributed by atoms with Crippen LogP contribution < -0.4 is 19.5 Å². The van der Waals surface area contributed by atoms with Gasteiger partial charge in [-0.25, -0.2) is 4.79 Å². The molecule has 0 aliphatic carbocycles. The Kier molecular flexibility index (Phi) is 6.08. The minimum atomic E-state index is -1.14. The van der Waals surface area contributed by atoms with Crippen LogP contribution in [0.3, 0.4) is 0 Å². The van der Waals surface area contributed by atoms with Gasteiger partial charge >= 0.3 is 5.97 Å². The van der Waals surface area contributed by atoms with Gasteiger partial charge in [0, 0.05) is 0 Å². The molecule has 0 radical (unpaired) electrons. The van der Waals surface area contributed by atoms with Crippen LogP contribution in [-0.2, 0) is 4.79 Å². The van der Waals surface area contributed by atoms with Crippen molar-refractivity contribution in [3.05, 3.63) is 47.0 Å². The molecule has 0 fully saturated rings. The molecule has 2 aromatic carbocycles. The summed E-state index contributed by atoms with van der Waals surface area (Å²) in [6.07, 6.45) is 0. The molecular weight excluding hydrogens is 350 g/mol. The van der Waals surface area contributed by atoms with Crippen LogP contribution in [0.15, 0.2) is 36.4 Å². The van der Waals surface area contributed by atoms with Crippen molar-refractivity contribution >= 4 is 29.2 Å². The van der Waals surface area contributed by atoms with E-state index in [1.807, 2.05) is 0 Å². The summed E-state index contributed by atoms with van der Waals surface area (Å²) in [7, 11) is 2.72. The molecule has 1 amide bonds. The number of aromatic carboxylic acids is 1. The minimum Gasteiger partial charge on any atom is -0.493 e. The summed E-state index contributed by atoms with van der Waals surface area (Å²) in [5.74, 6) is -1.17.